The zero-order chi connectivity index (χ0) is 14.8. The molecule has 1 aromatic heterocycles. The van der Waals surface area contributed by atoms with Gasteiger partial charge in [0, 0.05) is 6.54 Å². The van der Waals surface area contributed by atoms with Crippen molar-refractivity contribution in [2.75, 3.05) is 6.54 Å². The van der Waals surface area contributed by atoms with Crippen molar-refractivity contribution in [1.82, 2.24) is 19.5 Å². The summed E-state index contributed by atoms with van der Waals surface area (Å²) >= 11 is 0. The Morgan fingerprint density at radius 1 is 1.25 bits per heavy atom. The summed E-state index contributed by atoms with van der Waals surface area (Å²) in [5.74, 6) is 1.45. The van der Waals surface area contributed by atoms with Gasteiger partial charge >= 0.3 is 0 Å². The highest BCUT2D eigenvalue weighted by Gasteiger charge is 2.16. The van der Waals surface area contributed by atoms with E-state index < -0.39 is 10.0 Å². The topological polar surface area (TPSA) is 76.9 Å². The highest BCUT2D eigenvalue weighted by atomic mass is 32.2. The second-order valence-corrected chi connectivity index (χ2v) is 6.43. The fourth-order valence-corrected chi connectivity index (χ4v) is 3.10. The van der Waals surface area contributed by atoms with Crippen molar-refractivity contribution in [3.8, 4) is 0 Å². The normalized spacial score (nSPS) is 13.3. The van der Waals surface area contributed by atoms with E-state index >= 15 is 0 Å². The smallest absolute Gasteiger partial charge is 0.240 e. The lowest BCUT2D eigenvalue weighted by atomic mass is 10.3. The van der Waals surface area contributed by atoms with E-state index in [4.69, 9.17) is 0 Å². The van der Waals surface area contributed by atoms with Gasteiger partial charge in [0.25, 0.3) is 0 Å². The summed E-state index contributed by atoms with van der Waals surface area (Å²) in [7, 11) is -3.48. The van der Waals surface area contributed by atoms with Gasteiger partial charge in [-0.2, -0.15) is 5.10 Å². The Morgan fingerprint density at radius 2 is 1.90 bits per heavy atom. The molecule has 2 aromatic rings. The number of aromatic nitrogens is 3. The summed E-state index contributed by atoms with van der Waals surface area (Å²) in [5.41, 5.74) is 0. The molecule has 0 aliphatic carbocycles. The maximum atomic E-state index is 12.1. The molecule has 0 fully saturated rings. The molecule has 20 heavy (non-hydrogen) atoms. The van der Waals surface area contributed by atoms with Crippen LogP contribution in [0.3, 0.4) is 0 Å². The number of hydrogen-bond acceptors (Lipinski definition) is 4. The van der Waals surface area contributed by atoms with Gasteiger partial charge in [-0.15, -0.1) is 0 Å². The summed E-state index contributed by atoms with van der Waals surface area (Å²) in [6, 6.07) is 8.21. The molecule has 1 aromatic carbocycles. The number of nitrogens with zero attached hydrogens (tertiary/aromatic N) is 3. The van der Waals surface area contributed by atoms with Crippen LogP contribution in [-0.4, -0.2) is 29.7 Å². The third-order valence-electron chi connectivity index (χ3n) is 2.95. The van der Waals surface area contributed by atoms with Gasteiger partial charge in [-0.25, -0.2) is 22.8 Å². The number of sulfonamides is 1. The highest BCUT2D eigenvalue weighted by molar-refractivity contribution is 7.89. The molecule has 2 rings (SSSR count). The van der Waals surface area contributed by atoms with E-state index in [1.165, 1.54) is 0 Å². The fourth-order valence-electron chi connectivity index (χ4n) is 1.95. The van der Waals surface area contributed by atoms with E-state index in [9.17, 15) is 8.42 Å². The molecule has 0 saturated carbocycles. The lowest BCUT2D eigenvalue weighted by molar-refractivity contribution is 0.466. The molecule has 0 radical (unpaired) electrons. The Hall–Kier alpha value is -1.73. The van der Waals surface area contributed by atoms with Crippen molar-refractivity contribution < 1.29 is 8.42 Å². The van der Waals surface area contributed by atoms with Crippen LogP contribution in [0.5, 0.6) is 0 Å². The van der Waals surface area contributed by atoms with E-state index in [2.05, 4.69) is 14.8 Å². The van der Waals surface area contributed by atoms with Crippen LogP contribution in [0.2, 0.25) is 0 Å². The van der Waals surface area contributed by atoms with E-state index in [-0.39, 0.29) is 17.5 Å². The molecule has 0 aliphatic heterocycles. The van der Waals surface area contributed by atoms with Crippen molar-refractivity contribution in [3.63, 3.8) is 0 Å². The molecule has 1 N–H and O–H groups in total. The zero-order valence-electron chi connectivity index (χ0n) is 11.7. The van der Waals surface area contributed by atoms with Crippen LogP contribution in [0.1, 0.15) is 24.6 Å². The van der Waals surface area contributed by atoms with E-state index in [1.54, 1.807) is 35.0 Å². The third kappa shape index (κ3) is 3.23. The molecule has 0 unspecified atom stereocenters. The van der Waals surface area contributed by atoms with Crippen LogP contribution in [-0.2, 0) is 10.0 Å². The monoisotopic (exact) mass is 294 g/mol. The van der Waals surface area contributed by atoms with Crippen LogP contribution >= 0.6 is 0 Å². The summed E-state index contributed by atoms with van der Waals surface area (Å²) in [6.07, 6.45) is 0. The van der Waals surface area contributed by atoms with Crippen LogP contribution < -0.4 is 4.72 Å². The quantitative estimate of drug-likeness (QED) is 0.905. The predicted octanol–water partition coefficient (Wildman–Crippen LogP) is 1.43. The predicted molar refractivity (Wildman–Crippen MR) is 75.8 cm³/mol. The minimum absolute atomic E-state index is 0.102. The molecule has 0 spiro atoms. The molecule has 0 amide bonds. The van der Waals surface area contributed by atoms with E-state index in [0.717, 1.165) is 5.82 Å². The number of benzene rings is 1. The summed E-state index contributed by atoms with van der Waals surface area (Å²) in [6.45, 7) is 5.82. The molecule has 7 heteroatoms. The van der Waals surface area contributed by atoms with Crippen LogP contribution in [0.15, 0.2) is 35.2 Å². The van der Waals surface area contributed by atoms with Crippen molar-refractivity contribution in [2.45, 2.75) is 31.7 Å². The standard InChI is InChI=1S/C13H18N4O2S/c1-10(17-12(3)15-11(2)16-17)9-14-20(18,19)13-7-5-4-6-8-13/h4-8,10,14H,9H2,1-3H3/t10-/m0/s1. The minimum Gasteiger partial charge on any atom is -0.246 e. The number of aryl methyl sites for hydroxylation is 2. The maximum absolute atomic E-state index is 12.1. The van der Waals surface area contributed by atoms with E-state index in [1.807, 2.05) is 20.8 Å². The lowest BCUT2D eigenvalue weighted by Crippen LogP contribution is -2.30. The van der Waals surface area contributed by atoms with Crippen molar-refractivity contribution >= 4 is 10.0 Å². The fraction of sp³-hybridized carbons (Fsp3) is 0.385. The molecule has 0 bridgehead atoms. The van der Waals surface area contributed by atoms with Crippen molar-refractivity contribution in [2.24, 2.45) is 0 Å². The first-order valence-corrected chi connectivity index (χ1v) is 7.83. The van der Waals surface area contributed by atoms with Crippen LogP contribution in [0.4, 0.5) is 0 Å². The molecule has 1 heterocycles. The second kappa shape index (κ2) is 5.72. The van der Waals surface area contributed by atoms with Gasteiger partial charge < -0.3 is 0 Å². The summed E-state index contributed by atoms with van der Waals surface area (Å²) in [4.78, 5) is 4.47. The average molecular weight is 294 g/mol. The Morgan fingerprint density at radius 3 is 2.45 bits per heavy atom. The maximum Gasteiger partial charge on any atom is 0.240 e. The number of hydrogen-bond donors (Lipinski definition) is 1. The molecule has 108 valence electrons. The second-order valence-electron chi connectivity index (χ2n) is 4.66. The first-order valence-electron chi connectivity index (χ1n) is 6.34. The number of nitrogens with one attached hydrogen (secondary N) is 1. The molecule has 1 atom stereocenters. The highest BCUT2D eigenvalue weighted by Crippen LogP contribution is 2.10. The Balaban J connectivity index is 2.07. The van der Waals surface area contributed by atoms with Gasteiger partial charge in [-0.1, -0.05) is 18.2 Å². The van der Waals surface area contributed by atoms with Gasteiger partial charge in [-0.05, 0) is 32.9 Å². The lowest BCUT2D eigenvalue weighted by Gasteiger charge is -2.14. The van der Waals surface area contributed by atoms with Crippen LogP contribution in [0.25, 0.3) is 0 Å². The SMILES string of the molecule is Cc1nc(C)n([C@@H](C)CNS(=O)(=O)c2ccccc2)n1. The molecule has 6 nitrogen and oxygen atoms in total. The summed E-state index contributed by atoms with van der Waals surface area (Å²) < 4.78 is 28.5. The van der Waals surface area contributed by atoms with Gasteiger partial charge in [0.2, 0.25) is 10.0 Å². The van der Waals surface area contributed by atoms with Gasteiger partial charge in [0.1, 0.15) is 11.6 Å². The van der Waals surface area contributed by atoms with Crippen molar-refractivity contribution in [3.05, 3.63) is 42.0 Å². The third-order valence-corrected chi connectivity index (χ3v) is 4.39. The first kappa shape index (κ1) is 14.7. The zero-order valence-corrected chi connectivity index (χ0v) is 12.6. The van der Waals surface area contributed by atoms with E-state index in [0.29, 0.717) is 5.82 Å². The minimum atomic E-state index is -3.48. The Kier molecular flexibility index (Phi) is 4.20. The van der Waals surface area contributed by atoms with Crippen LogP contribution in [0, 0.1) is 13.8 Å². The van der Waals surface area contributed by atoms with Crippen molar-refractivity contribution in [1.29, 1.82) is 0 Å². The molecular formula is C13H18N4O2S. The largest absolute Gasteiger partial charge is 0.246 e. The van der Waals surface area contributed by atoms with Gasteiger partial charge in [0.15, 0.2) is 0 Å². The number of rotatable bonds is 5. The average Bonchev–Trinajstić information content (AvgIpc) is 2.76. The van der Waals surface area contributed by atoms with Gasteiger partial charge in [-0.3, -0.25) is 0 Å². The Bertz CT molecular complexity index is 680. The summed E-state index contributed by atoms with van der Waals surface area (Å²) in [5, 5.41) is 4.25. The molecular weight excluding hydrogens is 276 g/mol. The van der Waals surface area contributed by atoms with Gasteiger partial charge in [0.05, 0.1) is 10.9 Å². The molecule has 0 saturated heterocycles. The first-order chi connectivity index (χ1) is 9.40. The Labute approximate surface area is 118 Å². The molecule has 0 aliphatic rings.